The number of amides is 3. The molecule has 5 rings (SSSR count). The van der Waals surface area contributed by atoms with Crippen LogP contribution in [0.25, 0.3) is 0 Å². The summed E-state index contributed by atoms with van der Waals surface area (Å²) in [5.41, 5.74) is 0.341. The van der Waals surface area contributed by atoms with Crippen LogP contribution in [0.5, 0.6) is 5.75 Å². The maximum Gasteiger partial charge on any atom is 0.345 e. The van der Waals surface area contributed by atoms with E-state index in [1.807, 2.05) is 0 Å². The number of nitrogens with zero attached hydrogens (tertiary/aromatic N) is 2. The molecule has 2 fully saturated rings. The lowest BCUT2D eigenvalue weighted by atomic mass is 9.81. The fourth-order valence-electron chi connectivity index (χ4n) is 5.14. The van der Waals surface area contributed by atoms with E-state index >= 15 is 0 Å². The summed E-state index contributed by atoms with van der Waals surface area (Å²) in [5.74, 6) is -3.86. The first-order valence-corrected chi connectivity index (χ1v) is 14.0. The molecular formula is C30H23Cl3N2O6. The second-order valence-corrected chi connectivity index (χ2v) is 11.0. The minimum absolute atomic E-state index is 0.0561. The van der Waals surface area contributed by atoms with Gasteiger partial charge in [-0.2, -0.15) is 5.01 Å². The summed E-state index contributed by atoms with van der Waals surface area (Å²) in [6, 6.07) is 16.2. The van der Waals surface area contributed by atoms with Crippen molar-refractivity contribution < 1.29 is 28.7 Å². The quantitative estimate of drug-likeness (QED) is 0.135. The zero-order chi connectivity index (χ0) is 29.3. The first-order valence-electron chi connectivity index (χ1n) is 12.9. The number of halogens is 3. The molecule has 1 heterocycles. The number of esters is 1. The Labute approximate surface area is 250 Å². The number of hydrogen-bond acceptors (Lipinski definition) is 6. The second kappa shape index (κ2) is 12.0. The van der Waals surface area contributed by atoms with E-state index < -0.39 is 47.9 Å². The molecule has 2 atom stereocenters. The second-order valence-electron chi connectivity index (χ2n) is 9.79. The highest BCUT2D eigenvalue weighted by molar-refractivity contribution is 6.36. The van der Waals surface area contributed by atoms with Gasteiger partial charge in [-0.25, -0.2) is 9.80 Å². The van der Waals surface area contributed by atoms with Gasteiger partial charge in [0.15, 0.2) is 5.78 Å². The molecule has 2 aliphatic rings. The van der Waals surface area contributed by atoms with Crippen LogP contribution in [0.15, 0.2) is 66.7 Å². The minimum Gasteiger partial charge on any atom is -0.423 e. The molecule has 1 saturated heterocycles. The number of ketones is 1. The van der Waals surface area contributed by atoms with Crippen molar-refractivity contribution in [3.63, 3.8) is 0 Å². The summed E-state index contributed by atoms with van der Waals surface area (Å²) in [5, 5.41) is 2.34. The van der Waals surface area contributed by atoms with Crippen molar-refractivity contribution in [2.24, 2.45) is 11.8 Å². The number of carbonyl (C=O) groups is 5. The summed E-state index contributed by atoms with van der Waals surface area (Å²) in [7, 11) is 0. The number of carbonyl (C=O) groups excluding carboxylic acids is 5. The van der Waals surface area contributed by atoms with Gasteiger partial charge in [0.1, 0.15) is 12.3 Å². The zero-order valence-electron chi connectivity index (χ0n) is 21.5. The molecular weight excluding hydrogens is 591 g/mol. The third-order valence-corrected chi connectivity index (χ3v) is 8.11. The molecule has 1 aliphatic heterocycles. The van der Waals surface area contributed by atoms with Gasteiger partial charge in [-0.05, 0) is 67.4 Å². The van der Waals surface area contributed by atoms with Crippen LogP contribution in [0.2, 0.25) is 15.1 Å². The number of Topliss-reactive ketones (excluding diaryl/α,β-unsaturated/α-hetero) is 1. The van der Waals surface area contributed by atoms with Crippen molar-refractivity contribution in [2.45, 2.75) is 25.7 Å². The van der Waals surface area contributed by atoms with Crippen molar-refractivity contribution in [2.75, 3.05) is 6.54 Å². The van der Waals surface area contributed by atoms with E-state index in [9.17, 15) is 24.0 Å². The lowest BCUT2D eigenvalue weighted by Crippen LogP contribution is -2.52. The molecule has 1 saturated carbocycles. The SMILES string of the molecule is O=C(CN(C(=O)c1ccccc1Cl)N1C(=O)[C@H]2CCCC[C@@H]2C1=O)c1ccc(OC(=O)c2ccc(Cl)cc2Cl)cc1. The average Bonchev–Trinajstić information content (AvgIpc) is 3.21. The van der Waals surface area contributed by atoms with Crippen molar-refractivity contribution in [1.82, 2.24) is 10.0 Å². The first-order chi connectivity index (χ1) is 19.7. The average molecular weight is 614 g/mol. The monoisotopic (exact) mass is 612 g/mol. The van der Waals surface area contributed by atoms with Crippen LogP contribution in [0.1, 0.15) is 56.8 Å². The fourth-order valence-corrected chi connectivity index (χ4v) is 5.85. The highest BCUT2D eigenvalue weighted by Crippen LogP contribution is 2.39. The van der Waals surface area contributed by atoms with Crippen molar-refractivity contribution in [3.05, 3.63) is 98.5 Å². The molecule has 0 unspecified atom stereocenters. The van der Waals surface area contributed by atoms with Gasteiger partial charge in [-0.15, -0.1) is 0 Å². The Morgan fingerprint density at radius 2 is 1.44 bits per heavy atom. The summed E-state index contributed by atoms with van der Waals surface area (Å²) in [4.78, 5) is 66.2. The molecule has 0 N–H and O–H groups in total. The number of hydrazine groups is 1. The molecule has 11 heteroatoms. The lowest BCUT2D eigenvalue weighted by molar-refractivity contribution is -0.154. The normalized spacial score (nSPS) is 18.2. The fraction of sp³-hybridized carbons (Fsp3) is 0.233. The summed E-state index contributed by atoms with van der Waals surface area (Å²) >= 11 is 18.2. The van der Waals surface area contributed by atoms with E-state index in [0.717, 1.165) is 22.9 Å². The Balaban J connectivity index is 1.37. The molecule has 210 valence electrons. The summed E-state index contributed by atoms with van der Waals surface area (Å²) < 4.78 is 5.36. The largest absolute Gasteiger partial charge is 0.423 e. The Morgan fingerprint density at radius 3 is 2.05 bits per heavy atom. The van der Waals surface area contributed by atoms with Gasteiger partial charge in [-0.3, -0.25) is 19.2 Å². The molecule has 3 amide bonds. The van der Waals surface area contributed by atoms with E-state index in [4.69, 9.17) is 39.5 Å². The van der Waals surface area contributed by atoms with Crippen LogP contribution >= 0.6 is 34.8 Å². The van der Waals surface area contributed by atoms with E-state index in [0.29, 0.717) is 17.9 Å². The zero-order valence-corrected chi connectivity index (χ0v) is 23.8. The molecule has 0 radical (unpaired) electrons. The van der Waals surface area contributed by atoms with Gasteiger partial charge in [0, 0.05) is 10.6 Å². The van der Waals surface area contributed by atoms with E-state index in [2.05, 4.69) is 0 Å². The molecule has 1 aliphatic carbocycles. The highest BCUT2D eigenvalue weighted by Gasteiger charge is 2.52. The van der Waals surface area contributed by atoms with Crippen LogP contribution in [0.4, 0.5) is 0 Å². The van der Waals surface area contributed by atoms with Crippen molar-refractivity contribution in [1.29, 1.82) is 0 Å². The van der Waals surface area contributed by atoms with Crippen LogP contribution in [0, 0.1) is 11.8 Å². The molecule has 3 aromatic carbocycles. The van der Waals surface area contributed by atoms with Gasteiger partial charge in [0.2, 0.25) is 0 Å². The molecule has 0 spiro atoms. The van der Waals surface area contributed by atoms with Crippen LogP contribution in [-0.4, -0.2) is 46.0 Å². The number of fused-ring (bicyclic) bond motifs is 1. The van der Waals surface area contributed by atoms with Crippen LogP contribution in [-0.2, 0) is 9.59 Å². The Kier molecular flexibility index (Phi) is 8.45. The number of imide groups is 1. The Morgan fingerprint density at radius 1 is 0.805 bits per heavy atom. The maximum atomic E-state index is 13.6. The maximum absolute atomic E-state index is 13.6. The third-order valence-electron chi connectivity index (χ3n) is 7.23. The summed E-state index contributed by atoms with van der Waals surface area (Å²) in [6.07, 6.45) is 2.73. The molecule has 0 aromatic heterocycles. The Hall–Kier alpha value is -3.72. The summed E-state index contributed by atoms with van der Waals surface area (Å²) in [6.45, 7) is -0.583. The van der Waals surface area contributed by atoms with Gasteiger partial charge >= 0.3 is 5.97 Å². The topological polar surface area (TPSA) is 101 Å². The molecule has 3 aromatic rings. The molecule has 0 bridgehead atoms. The lowest BCUT2D eigenvalue weighted by Gasteiger charge is -2.30. The standard InChI is InChI=1S/C30H23Cl3N2O6/c31-18-11-14-23(25(33)15-18)30(40)41-19-12-9-17(10-13-19)26(36)16-34(27(37)22-7-3-4-8-24(22)32)35-28(38)20-5-1-2-6-21(20)29(35)39/h3-4,7-15,20-21H,1-2,5-6,16H2/t20-,21-/m0/s1. The first kappa shape index (κ1) is 28.8. The van der Waals surface area contributed by atoms with E-state index in [1.165, 1.54) is 54.6 Å². The van der Waals surface area contributed by atoms with Crippen LogP contribution < -0.4 is 4.74 Å². The van der Waals surface area contributed by atoms with Gasteiger partial charge < -0.3 is 4.74 Å². The third kappa shape index (κ3) is 5.86. The van der Waals surface area contributed by atoms with Crippen molar-refractivity contribution >= 4 is 64.3 Å². The predicted octanol–water partition coefficient (Wildman–Crippen LogP) is 6.28. The van der Waals surface area contributed by atoms with Crippen LogP contribution in [0.3, 0.4) is 0 Å². The van der Waals surface area contributed by atoms with Gasteiger partial charge in [0.05, 0.1) is 33.0 Å². The number of ether oxygens (including phenoxy) is 1. The Bertz CT molecular complexity index is 1530. The number of hydrogen-bond donors (Lipinski definition) is 0. The van der Waals surface area contributed by atoms with E-state index in [-0.39, 0.29) is 32.5 Å². The van der Waals surface area contributed by atoms with Crippen molar-refractivity contribution in [3.8, 4) is 5.75 Å². The van der Waals surface area contributed by atoms with Gasteiger partial charge in [0.25, 0.3) is 17.7 Å². The minimum atomic E-state index is -0.741. The molecule has 8 nitrogen and oxygen atoms in total. The van der Waals surface area contributed by atoms with E-state index in [1.54, 1.807) is 12.1 Å². The molecule has 41 heavy (non-hydrogen) atoms. The predicted molar refractivity (Wildman–Crippen MR) is 152 cm³/mol. The smallest absolute Gasteiger partial charge is 0.345 e. The number of rotatable bonds is 7. The van der Waals surface area contributed by atoms with Gasteiger partial charge in [-0.1, -0.05) is 59.8 Å². The number of benzene rings is 3. The highest BCUT2D eigenvalue weighted by atomic mass is 35.5.